The molecule has 0 bridgehead atoms. The Bertz CT molecular complexity index is 784. The van der Waals surface area contributed by atoms with E-state index in [1.807, 2.05) is 0 Å². The first-order valence-corrected chi connectivity index (χ1v) is 7.71. The van der Waals surface area contributed by atoms with E-state index in [1.54, 1.807) is 0 Å². The van der Waals surface area contributed by atoms with E-state index in [9.17, 15) is 23.1 Å². The maximum Gasteiger partial charge on any atom is 0.573 e. The minimum Gasteiger partial charge on any atom is -0.476 e. The van der Waals surface area contributed by atoms with E-state index in [0.29, 0.717) is 24.2 Å². The number of hydrogen-bond donors (Lipinski definition) is 2. The van der Waals surface area contributed by atoms with Gasteiger partial charge in [-0.15, -0.1) is 13.2 Å². The summed E-state index contributed by atoms with van der Waals surface area (Å²) in [5, 5.41) is 13.6. The molecule has 0 spiro atoms. The molecule has 25 heavy (non-hydrogen) atoms. The Kier molecular flexibility index (Phi) is 4.42. The molecule has 2 aromatic rings. The highest BCUT2D eigenvalue weighted by molar-refractivity contribution is 5.88. The minimum atomic E-state index is -4.77. The Labute approximate surface area is 141 Å². The highest BCUT2D eigenvalue weighted by atomic mass is 19.4. The number of carboxylic acid groups (broad SMARTS) is 1. The van der Waals surface area contributed by atoms with Crippen LogP contribution in [0.3, 0.4) is 0 Å². The van der Waals surface area contributed by atoms with E-state index in [2.05, 4.69) is 9.84 Å². The van der Waals surface area contributed by atoms with Crippen LogP contribution in [0.25, 0.3) is 5.69 Å². The fourth-order valence-corrected chi connectivity index (χ4v) is 3.19. The predicted molar refractivity (Wildman–Crippen MR) is 81.9 cm³/mol. The Morgan fingerprint density at radius 2 is 2.04 bits per heavy atom. The summed E-state index contributed by atoms with van der Waals surface area (Å²) in [5.41, 5.74) is 7.54. The summed E-state index contributed by atoms with van der Waals surface area (Å²) in [7, 11) is 0. The molecule has 0 saturated carbocycles. The lowest BCUT2D eigenvalue weighted by atomic mass is 9.85. The highest BCUT2D eigenvalue weighted by Crippen LogP contribution is 2.35. The second-order valence-electron chi connectivity index (χ2n) is 5.79. The van der Waals surface area contributed by atoms with Gasteiger partial charge in [-0.3, -0.25) is 0 Å². The zero-order chi connectivity index (χ0) is 18.2. The highest BCUT2D eigenvalue weighted by Gasteiger charge is 2.32. The van der Waals surface area contributed by atoms with Crippen molar-refractivity contribution < 1.29 is 27.8 Å². The predicted octanol–water partition coefficient (Wildman–Crippen LogP) is 2.85. The van der Waals surface area contributed by atoms with E-state index < -0.39 is 12.3 Å². The molecule has 1 aliphatic carbocycles. The lowest BCUT2D eigenvalue weighted by molar-refractivity contribution is -0.274. The molecule has 1 aliphatic rings. The second-order valence-corrected chi connectivity index (χ2v) is 5.79. The molecule has 0 fully saturated rings. The number of ether oxygens (including phenoxy) is 1. The van der Waals surface area contributed by atoms with Gasteiger partial charge in [0.15, 0.2) is 5.69 Å². The average molecular weight is 355 g/mol. The van der Waals surface area contributed by atoms with Crippen LogP contribution in [0.4, 0.5) is 13.2 Å². The fourth-order valence-electron chi connectivity index (χ4n) is 3.19. The van der Waals surface area contributed by atoms with Crippen molar-refractivity contribution in [2.45, 2.75) is 31.5 Å². The van der Waals surface area contributed by atoms with Crippen LogP contribution < -0.4 is 10.5 Å². The first kappa shape index (κ1) is 17.3. The molecule has 134 valence electrons. The van der Waals surface area contributed by atoms with Crippen LogP contribution in [0, 0.1) is 0 Å². The van der Waals surface area contributed by atoms with Gasteiger partial charge < -0.3 is 15.6 Å². The second kappa shape index (κ2) is 6.40. The van der Waals surface area contributed by atoms with E-state index in [4.69, 9.17) is 5.73 Å². The molecule has 1 aromatic carbocycles. The monoisotopic (exact) mass is 355 g/mol. The van der Waals surface area contributed by atoms with Crippen LogP contribution in [0.15, 0.2) is 24.3 Å². The molecule has 1 aromatic heterocycles. The Hall–Kier alpha value is -2.55. The lowest BCUT2D eigenvalue weighted by Crippen LogP contribution is -2.20. The number of halogens is 3. The van der Waals surface area contributed by atoms with Crippen LogP contribution in [0.1, 0.15) is 40.5 Å². The third-order valence-electron chi connectivity index (χ3n) is 4.20. The molecule has 3 N–H and O–H groups in total. The SMILES string of the molecule is NCC1CCCc2c1c(C(=O)O)nn2-c1ccc(OC(F)(F)F)cc1. The number of alkyl halides is 3. The van der Waals surface area contributed by atoms with Gasteiger partial charge >= 0.3 is 12.3 Å². The van der Waals surface area contributed by atoms with E-state index in [-0.39, 0.29) is 17.4 Å². The Morgan fingerprint density at radius 3 is 2.60 bits per heavy atom. The van der Waals surface area contributed by atoms with Crippen LogP contribution in [-0.2, 0) is 6.42 Å². The standard InChI is InChI=1S/C16H16F3N3O3/c17-16(18,19)25-11-6-4-10(5-7-11)22-12-3-1-2-9(8-20)13(12)14(21-22)15(23)24/h4-7,9H,1-3,8,20H2,(H,23,24). The smallest absolute Gasteiger partial charge is 0.476 e. The van der Waals surface area contributed by atoms with Gasteiger partial charge in [0, 0.05) is 17.2 Å². The number of nitrogens with zero attached hydrogens (tertiary/aromatic N) is 2. The summed E-state index contributed by atoms with van der Waals surface area (Å²) in [4.78, 5) is 11.5. The Morgan fingerprint density at radius 1 is 1.36 bits per heavy atom. The number of carbonyl (C=O) groups is 1. The van der Waals surface area contributed by atoms with Crippen molar-refractivity contribution in [2.24, 2.45) is 5.73 Å². The van der Waals surface area contributed by atoms with Crippen molar-refractivity contribution in [3.8, 4) is 11.4 Å². The van der Waals surface area contributed by atoms with Crippen molar-refractivity contribution in [1.82, 2.24) is 9.78 Å². The van der Waals surface area contributed by atoms with Gasteiger partial charge in [0.1, 0.15) is 5.75 Å². The Balaban J connectivity index is 2.02. The number of rotatable bonds is 4. The summed E-state index contributed by atoms with van der Waals surface area (Å²) in [6.07, 6.45) is -2.51. The average Bonchev–Trinajstić information content (AvgIpc) is 2.94. The molecular formula is C16H16F3N3O3. The number of aromatic carboxylic acids is 1. The summed E-state index contributed by atoms with van der Waals surface area (Å²) >= 11 is 0. The van der Waals surface area contributed by atoms with Gasteiger partial charge in [-0.25, -0.2) is 9.48 Å². The minimum absolute atomic E-state index is 0.0548. The number of hydrogen-bond acceptors (Lipinski definition) is 4. The molecule has 1 atom stereocenters. The molecule has 1 unspecified atom stereocenters. The quantitative estimate of drug-likeness (QED) is 0.880. The van der Waals surface area contributed by atoms with Gasteiger partial charge in [0.05, 0.1) is 5.69 Å². The van der Waals surface area contributed by atoms with Crippen LogP contribution in [-0.4, -0.2) is 33.8 Å². The molecule has 3 rings (SSSR count). The van der Waals surface area contributed by atoms with Crippen LogP contribution in [0.2, 0.25) is 0 Å². The number of fused-ring (bicyclic) bond motifs is 1. The van der Waals surface area contributed by atoms with Gasteiger partial charge in [0.2, 0.25) is 0 Å². The molecule has 0 amide bonds. The van der Waals surface area contributed by atoms with Crippen LogP contribution in [0.5, 0.6) is 5.75 Å². The summed E-state index contributed by atoms with van der Waals surface area (Å²) < 4.78 is 42.1. The van der Waals surface area contributed by atoms with Crippen molar-refractivity contribution in [3.05, 3.63) is 41.2 Å². The van der Waals surface area contributed by atoms with Gasteiger partial charge in [-0.05, 0) is 50.1 Å². The zero-order valence-electron chi connectivity index (χ0n) is 13.1. The molecular weight excluding hydrogens is 339 g/mol. The van der Waals surface area contributed by atoms with Crippen molar-refractivity contribution in [1.29, 1.82) is 0 Å². The molecule has 0 aliphatic heterocycles. The largest absolute Gasteiger partial charge is 0.573 e. The van der Waals surface area contributed by atoms with Crippen molar-refractivity contribution in [2.75, 3.05) is 6.54 Å². The third kappa shape index (κ3) is 3.46. The van der Waals surface area contributed by atoms with E-state index in [1.165, 1.54) is 28.9 Å². The number of nitrogens with two attached hydrogens (primary N) is 1. The molecule has 9 heteroatoms. The van der Waals surface area contributed by atoms with E-state index in [0.717, 1.165) is 18.5 Å². The maximum atomic E-state index is 12.2. The van der Waals surface area contributed by atoms with Gasteiger partial charge in [-0.2, -0.15) is 5.10 Å². The topological polar surface area (TPSA) is 90.4 Å². The third-order valence-corrected chi connectivity index (χ3v) is 4.20. The lowest BCUT2D eigenvalue weighted by Gasteiger charge is -2.22. The molecule has 0 saturated heterocycles. The fraction of sp³-hybridized carbons (Fsp3) is 0.375. The first-order valence-electron chi connectivity index (χ1n) is 7.71. The summed E-state index contributed by atoms with van der Waals surface area (Å²) in [6.45, 7) is 0.317. The number of carboxylic acids is 1. The molecule has 6 nitrogen and oxygen atoms in total. The summed E-state index contributed by atoms with van der Waals surface area (Å²) in [6, 6.07) is 5.15. The van der Waals surface area contributed by atoms with Crippen molar-refractivity contribution in [3.63, 3.8) is 0 Å². The molecule has 1 heterocycles. The number of aromatic nitrogens is 2. The van der Waals surface area contributed by atoms with E-state index >= 15 is 0 Å². The molecule has 0 radical (unpaired) electrons. The summed E-state index contributed by atoms with van der Waals surface area (Å²) in [5.74, 6) is -1.58. The maximum absolute atomic E-state index is 12.2. The zero-order valence-corrected chi connectivity index (χ0v) is 13.1. The normalized spacial score (nSPS) is 17.2. The first-order chi connectivity index (χ1) is 11.8. The number of benzene rings is 1. The van der Waals surface area contributed by atoms with Gasteiger partial charge in [0.25, 0.3) is 0 Å². The van der Waals surface area contributed by atoms with Gasteiger partial charge in [-0.1, -0.05) is 0 Å². The van der Waals surface area contributed by atoms with Crippen molar-refractivity contribution >= 4 is 5.97 Å². The van der Waals surface area contributed by atoms with Crippen LogP contribution >= 0.6 is 0 Å².